The summed E-state index contributed by atoms with van der Waals surface area (Å²) in [7, 11) is 2.70. The zero-order chi connectivity index (χ0) is 21.3. The smallest absolute Gasteiger partial charge is 0.337 e. The number of esters is 1. The minimum atomic E-state index is -0.602. The van der Waals surface area contributed by atoms with Crippen LogP contribution < -0.4 is 14.4 Å². The fourth-order valence-electron chi connectivity index (χ4n) is 4.28. The molecule has 0 amide bonds. The van der Waals surface area contributed by atoms with Gasteiger partial charge in [0.2, 0.25) is 11.8 Å². The molecule has 1 aromatic carbocycles. The minimum Gasteiger partial charge on any atom is -0.488 e. The number of anilines is 1. The van der Waals surface area contributed by atoms with Gasteiger partial charge in [0.1, 0.15) is 11.9 Å². The molecule has 2 aliphatic rings. The molecule has 9 heteroatoms. The fraction of sp³-hybridized carbons (Fsp3) is 0.476. The standard InChI is InChI=1S/C21H24FN3O5/c1-28-19-16(22)9-23-21(24-19)25-10-13-7-17(26)18(8-14(13)11-25)30-15-5-3-12(4-6-15)20(27)29-2/h3-6,9,13-14,17-18,26H,7-8,10-11H2,1-2H3/t13-,14+,17+,18+/m0/s1. The number of halogens is 1. The SMILES string of the molecule is COC(=O)c1ccc(O[C@@H]2C[C@@H]3CN(c4ncc(F)c(OC)n4)C[C@@H]3C[C@H]2O)cc1. The van der Waals surface area contributed by atoms with Gasteiger partial charge in [0.05, 0.1) is 32.1 Å². The van der Waals surface area contributed by atoms with E-state index in [2.05, 4.69) is 9.97 Å². The monoisotopic (exact) mass is 417 g/mol. The topological polar surface area (TPSA) is 94.0 Å². The molecule has 4 rings (SSSR count). The molecule has 1 N–H and O–H groups in total. The van der Waals surface area contributed by atoms with Gasteiger partial charge in [0.25, 0.3) is 5.88 Å². The molecule has 160 valence electrons. The number of rotatable bonds is 5. The molecule has 2 fully saturated rings. The van der Waals surface area contributed by atoms with Crippen LogP contribution in [0.1, 0.15) is 23.2 Å². The second-order valence-corrected chi connectivity index (χ2v) is 7.66. The van der Waals surface area contributed by atoms with E-state index in [9.17, 15) is 14.3 Å². The van der Waals surface area contributed by atoms with Crippen LogP contribution in [0, 0.1) is 17.7 Å². The number of methoxy groups -OCH3 is 2. The Balaban J connectivity index is 1.41. The highest BCUT2D eigenvalue weighted by Gasteiger charge is 2.43. The van der Waals surface area contributed by atoms with Crippen LogP contribution in [0.5, 0.6) is 11.6 Å². The molecule has 0 radical (unpaired) electrons. The number of carbonyl (C=O) groups is 1. The quantitative estimate of drug-likeness (QED) is 0.739. The third kappa shape index (κ3) is 4.02. The van der Waals surface area contributed by atoms with Crippen molar-refractivity contribution in [2.75, 3.05) is 32.2 Å². The third-order valence-corrected chi connectivity index (χ3v) is 5.82. The van der Waals surface area contributed by atoms with Crippen LogP contribution in [0.4, 0.5) is 10.3 Å². The number of benzene rings is 1. The molecular weight excluding hydrogens is 393 g/mol. The second-order valence-electron chi connectivity index (χ2n) is 7.66. The predicted octanol–water partition coefficient (Wildman–Crippen LogP) is 2.07. The van der Waals surface area contributed by atoms with Gasteiger partial charge in [-0.3, -0.25) is 0 Å². The van der Waals surface area contributed by atoms with Gasteiger partial charge in [-0.1, -0.05) is 0 Å². The first-order valence-electron chi connectivity index (χ1n) is 9.83. The highest BCUT2D eigenvalue weighted by molar-refractivity contribution is 5.89. The minimum absolute atomic E-state index is 0.0773. The third-order valence-electron chi connectivity index (χ3n) is 5.82. The van der Waals surface area contributed by atoms with Crippen LogP contribution in [0.25, 0.3) is 0 Å². The highest BCUT2D eigenvalue weighted by atomic mass is 19.1. The van der Waals surface area contributed by atoms with Crippen LogP contribution in [-0.2, 0) is 4.74 Å². The van der Waals surface area contributed by atoms with Crippen molar-refractivity contribution in [3.63, 3.8) is 0 Å². The molecule has 30 heavy (non-hydrogen) atoms. The van der Waals surface area contributed by atoms with E-state index in [4.69, 9.17) is 14.2 Å². The zero-order valence-corrected chi connectivity index (χ0v) is 16.8. The van der Waals surface area contributed by atoms with Gasteiger partial charge in [-0.05, 0) is 48.9 Å². The molecule has 1 aromatic heterocycles. The van der Waals surface area contributed by atoms with Gasteiger partial charge in [-0.25, -0.2) is 9.78 Å². The van der Waals surface area contributed by atoms with Crippen LogP contribution in [0.2, 0.25) is 0 Å². The van der Waals surface area contributed by atoms with E-state index in [1.54, 1.807) is 24.3 Å². The Bertz CT molecular complexity index is 910. The van der Waals surface area contributed by atoms with Crippen molar-refractivity contribution in [3.8, 4) is 11.6 Å². The van der Waals surface area contributed by atoms with E-state index in [1.807, 2.05) is 4.90 Å². The number of nitrogens with zero attached hydrogens (tertiary/aromatic N) is 3. The number of aromatic nitrogens is 2. The molecule has 1 aliphatic carbocycles. The number of ether oxygens (including phenoxy) is 3. The number of fused-ring (bicyclic) bond motifs is 1. The number of aliphatic hydroxyl groups is 1. The maximum absolute atomic E-state index is 13.6. The van der Waals surface area contributed by atoms with Gasteiger partial charge in [-0.15, -0.1) is 0 Å². The molecule has 2 heterocycles. The zero-order valence-electron chi connectivity index (χ0n) is 16.8. The summed E-state index contributed by atoms with van der Waals surface area (Å²) in [4.78, 5) is 21.8. The highest BCUT2D eigenvalue weighted by Crippen LogP contribution is 2.39. The first-order chi connectivity index (χ1) is 14.5. The lowest BCUT2D eigenvalue weighted by Crippen LogP contribution is -2.42. The van der Waals surface area contributed by atoms with Gasteiger partial charge >= 0.3 is 5.97 Å². The Kier molecular flexibility index (Phi) is 5.72. The van der Waals surface area contributed by atoms with Crippen LogP contribution in [0.3, 0.4) is 0 Å². The van der Waals surface area contributed by atoms with Gasteiger partial charge in [0.15, 0.2) is 0 Å². The van der Waals surface area contributed by atoms with Crippen molar-refractivity contribution in [2.24, 2.45) is 11.8 Å². The number of hydrogen-bond donors (Lipinski definition) is 1. The van der Waals surface area contributed by atoms with E-state index in [0.717, 1.165) is 6.20 Å². The maximum Gasteiger partial charge on any atom is 0.337 e. The Morgan fingerprint density at radius 2 is 1.87 bits per heavy atom. The van der Waals surface area contributed by atoms with E-state index in [-0.39, 0.29) is 17.9 Å². The number of hydrogen-bond acceptors (Lipinski definition) is 8. The first-order valence-corrected chi connectivity index (χ1v) is 9.83. The fourth-order valence-corrected chi connectivity index (χ4v) is 4.28. The molecule has 1 saturated carbocycles. The lowest BCUT2D eigenvalue weighted by molar-refractivity contribution is -0.0231. The largest absolute Gasteiger partial charge is 0.488 e. The molecule has 1 aliphatic heterocycles. The van der Waals surface area contributed by atoms with E-state index >= 15 is 0 Å². The molecule has 0 bridgehead atoms. The van der Waals surface area contributed by atoms with Gasteiger partial charge in [0, 0.05) is 13.1 Å². The molecule has 8 nitrogen and oxygen atoms in total. The summed E-state index contributed by atoms with van der Waals surface area (Å²) >= 11 is 0. The summed E-state index contributed by atoms with van der Waals surface area (Å²) in [6, 6.07) is 6.67. The van der Waals surface area contributed by atoms with Crippen LogP contribution in [-0.4, -0.2) is 60.6 Å². The Hall–Kier alpha value is -2.94. The summed E-state index contributed by atoms with van der Waals surface area (Å²) in [6.45, 7) is 1.39. The van der Waals surface area contributed by atoms with Gasteiger partial charge in [-0.2, -0.15) is 9.37 Å². The van der Waals surface area contributed by atoms with E-state index < -0.39 is 17.9 Å². The molecule has 2 aromatic rings. The lowest BCUT2D eigenvalue weighted by Gasteiger charge is -2.35. The van der Waals surface area contributed by atoms with Crippen molar-refractivity contribution >= 4 is 11.9 Å². The van der Waals surface area contributed by atoms with Crippen LogP contribution in [0.15, 0.2) is 30.5 Å². The van der Waals surface area contributed by atoms with Crippen LogP contribution >= 0.6 is 0 Å². The Morgan fingerprint density at radius 3 is 2.53 bits per heavy atom. The van der Waals surface area contributed by atoms with E-state index in [1.165, 1.54) is 14.2 Å². The normalized spacial score (nSPS) is 25.5. The summed E-state index contributed by atoms with van der Waals surface area (Å²) < 4.78 is 29.3. The van der Waals surface area contributed by atoms with Crippen molar-refractivity contribution in [1.29, 1.82) is 0 Å². The summed E-state index contributed by atoms with van der Waals surface area (Å²) in [5.74, 6) is 0.507. The Labute approximate surface area is 173 Å². The molecule has 0 unspecified atom stereocenters. The van der Waals surface area contributed by atoms with Gasteiger partial charge < -0.3 is 24.2 Å². The maximum atomic E-state index is 13.6. The molecule has 4 atom stereocenters. The number of carbonyl (C=O) groups excluding carboxylic acids is 1. The van der Waals surface area contributed by atoms with Crippen molar-refractivity contribution in [2.45, 2.75) is 25.0 Å². The summed E-state index contributed by atoms with van der Waals surface area (Å²) in [6.07, 6.45) is 1.44. The molecular formula is C21H24FN3O5. The Morgan fingerprint density at radius 1 is 1.17 bits per heavy atom. The second kappa shape index (κ2) is 8.43. The molecule has 0 spiro atoms. The number of aliphatic hydroxyl groups excluding tert-OH is 1. The summed E-state index contributed by atoms with van der Waals surface area (Å²) in [5.41, 5.74) is 0.440. The van der Waals surface area contributed by atoms with Crippen molar-refractivity contribution < 1.29 is 28.5 Å². The lowest BCUT2D eigenvalue weighted by atomic mass is 9.78. The molecule has 1 saturated heterocycles. The van der Waals surface area contributed by atoms with E-state index in [0.29, 0.717) is 49.1 Å². The predicted molar refractivity (Wildman–Crippen MR) is 105 cm³/mol. The average molecular weight is 417 g/mol. The first kappa shape index (κ1) is 20.3. The summed E-state index contributed by atoms with van der Waals surface area (Å²) in [5, 5.41) is 10.6. The van der Waals surface area contributed by atoms with Crippen molar-refractivity contribution in [1.82, 2.24) is 9.97 Å². The average Bonchev–Trinajstić information content (AvgIpc) is 3.17. The van der Waals surface area contributed by atoms with Crippen molar-refractivity contribution in [3.05, 3.63) is 41.8 Å².